The minimum absolute atomic E-state index is 0.328. The number of hydrogen-bond acceptors (Lipinski definition) is 3. The molecule has 0 fully saturated rings. The fraction of sp³-hybridized carbons (Fsp3) is 0.200. The van der Waals surface area contributed by atoms with Gasteiger partial charge < -0.3 is 4.74 Å². The van der Waals surface area contributed by atoms with Gasteiger partial charge in [-0.05, 0) is 0 Å². The van der Waals surface area contributed by atoms with Gasteiger partial charge in [-0.2, -0.15) is 4.68 Å². The van der Waals surface area contributed by atoms with Crippen molar-refractivity contribution in [3.8, 4) is 0 Å². The maximum atomic E-state index is 10.6. The molecule has 0 aliphatic heterocycles. The summed E-state index contributed by atoms with van der Waals surface area (Å²) < 4.78 is 5.26. The summed E-state index contributed by atoms with van der Waals surface area (Å²) in [6.07, 6.45) is 0.691. The first-order valence-corrected chi connectivity index (χ1v) is 2.60. The van der Waals surface area contributed by atoms with Crippen LogP contribution in [0.1, 0.15) is 0 Å². The lowest BCUT2D eigenvalue weighted by Gasteiger charge is -1.95. The number of methoxy groups -OCH3 is 1. The van der Waals surface area contributed by atoms with Crippen molar-refractivity contribution in [3.05, 3.63) is 22.6 Å². The molecule has 10 heavy (non-hydrogen) atoms. The fourth-order valence-corrected chi connectivity index (χ4v) is 0.540. The fourth-order valence-electron chi connectivity index (χ4n) is 0.540. The summed E-state index contributed by atoms with van der Waals surface area (Å²) in [5.74, 6) is 0. The van der Waals surface area contributed by atoms with Crippen molar-refractivity contribution in [2.24, 2.45) is 0 Å². The molecular formula is C5H6N2O3. The molecule has 0 atom stereocenters. The van der Waals surface area contributed by atoms with Crippen molar-refractivity contribution in [1.82, 2.24) is 9.78 Å². The SMILES string of the molecule is COC(=O)n1ccc(=O)[nH]1. The van der Waals surface area contributed by atoms with E-state index in [-0.39, 0.29) is 5.56 Å². The van der Waals surface area contributed by atoms with Crippen LogP contribution in [-0.2, 0) is 4.74 Å². The summed E-state index contributed by atoms with van der Waals surface area (Å²) in [6.45, 7) is 0. The Kier molecular flexibility index (Phi) is 1.57. The molecule has 0 aromatic carbocycles. The van der Waals surface area contributed by atoms with Gasteiger partial charge in [0.1, 0.15) is 0 Å². The predicted octanol–water partition coefficient (Wildman–Crippen LogP) is -0.209. The monoisotopic (exact) mass is 142 g/mol. The van der Waals surface area contributed by atoms with Crippen molar-refractivity contribution in [3.63, 3.8) is 0 Å². The van der Waals surface area contributed by atoms with E-state index in [1.165, 1.54) is 19.4 Å². The van der Waals surface area contributed by atoms with Gasteiger partial charge in [0, 0.05) is 12.3 Å². The number of ether oxygens (including phenoxy) is 1. The minimum atomic E-state index is -0.609. The molecule has 1 aromatic heterocycles. The van der Waals surface area contributed by atoms with Crippen molar-refractivity contribution < 1.29 is 9.53 Å². The van der Waals surface area contributed by atoms with E-state index < -0.39 is 6.09 Å². The van der Waals surface area contributed by atoms with Crippen LogP contribution < -0.4 is 5.56 Å². The molecule has 0 aliphatic carbocycles. The number of carbonyl (C=O) groups is 1. The van der Waals surface area contributed by atoms with Crippen LogP contribution in [0, 0.1) is 0 Å². The van der Waals surface area contributed by atoms with Gasteiger partial charge in [0.25, 0.3) is 5.56 Å². The molecule has 54 valence electrons. The van der Waals surface area contributed by atoms with Gasteiger partial charge in [-0.1, -0.05) is 0 Å². The highest BCUT2D eigenvalue weighted by molar-refractivity contribution is 5.68. The highest BCUT2D eigenvalue weighted by Gasteiger charge is 2.00. The van der Waals surface area contributed by atoms with E-state index in [0.29, 0.717) is 0 Å². The average molecular weight is 142 g/mol. The second-order valence-corrected chi connectivity index (χ2v) is 1.63. The van der Waals surface area contributed by atoms with Crippen LogP contribution in [0.2, 0.25) is 0 Å². The van der Waals surface area contributed by atoms with Gasteiger partial charge in [-0.3, -0.25) is 9.89 Å². The second kappa shape index (κ2) is 2.38. The smallest absolute Gasteiger partial charge is 0.432 e. The van der Waals surface area contributed by atoms with E-state index in [4.69, 9.17) is 0 Å². The maximum Gasteiger partial charge on any atom is 0.432 e. The van der Waals surface area contributed by atoms with Crippen LogP contribution in [0.4, 0.5) is 4.79 Å². The summed E-state index contributed by atoms with van der Waals surface area (Å²) in [6, 6.07) is 1.23. The first kappa shape index (κ1) is 6.60. The Hall–Kier alpha value is -1.52. The van der Waals surface area contributed by atoms with E-state index in [2.05, 4.69) is 9.84 Å². The Labute approximate surface area is 56.2 Å². The Balaban J connectivity index is 2.95. The molecule has 1 rings (SSSR count). The van der Waals surface area contributed by atoms with Crippen LogP contribution in [0.3, 0.4) is 0 Å². The van der Waals surface area contributed by atoms with Gasteiger partial charge in [0.15, 0.2) is 0 Å². The highest BCUT2D eigenvalue weighted by atomic mass is 16.5. The van der Waals surface area contributed by atoms with E-state index in [1.54, 1.807) is 0 Å². The van der Waals surface area contributed by atoms with E-state index >= 15 is 0 Å². The van der Waals surface area contributed by atoms with Crippen LogP contribution in [0.5, 0.6) is 0 Å². The number of nitrogens with one attached hydrogen (secondary N) is 1. The van der Waals surface area contributed by atoms with E-state index in [0.717, 1.165) is 4.68 Å². The lowest BCUT2D eigenvalue weighted by atomic mass is 10.7. The lowest BCUT2D eigenvalue weighted by Crippen LogP contribution is -2.14. The molecule has 1 aromatic rings. The largest absolute Gasteiger partial charge is 0.451 e. The number of aromatic amines is 1. The number of nitrogens with zero attached hydrogens (tertiary/aromatic N) is 1. The summed E-state index contributed by atoms with van der Waals surface area (Å²) in [5.41, 5.74) is -0.328. The number of hydrogen-bond donors (Lipinski definition) is 1. The molecule has 0 saturated carbocycles. The van der Waals surface area contributed by atoms with Gasteiger partial charge in [-0.15, -0.1) is 0 Å². The summed E-state index contributed by atoms with van der Waals surface area (Å²) >= 11 is 0. The Bertz CT molecular complexity index is 285. The van der Waals surface area contributed by atoms with Crippen molar-refractivity contribution in [2.75, 3.05) is 7.11 Å². The molecule has 5 heteroatoms. The summed E-state index contributed by atoms with van der Waals surface area (Å²) in [5, 5.41) is 2.21. The molecule has 1 heterocycles. The maximum absolute atomic E-state index is 10.6. The normalized spacial score (nSPS) is 9.30. The molecule has 0 amide bonds. The lowest BCUT2D eigenvalue weighted by molar-refractivity contribution is 0.169. The minimum Gasteiger partial charge on any atom is -0.451 e. The molecule has 0 aliphatic rings. The average Bonchev–Trinajstić information content (AvgIpc) is 2.34. The number of rotatable bonds is 0. The Morgan fingerprint density at radius 2 is 2.50 bits per heavy atom. The number of H-pyrrole nitrogens is 1. The van der Waals surface area contributed by atoms with Crippen molar-refractivity contribution in [2.45, 2.75) is 0 Å². The topological polar surface area (TPSA) is 64.1 Å². The van der Waals surface area contributed by atoms with Gasteiger partial charge in [-0.25, -0.2) is 4.79 Å². The first-order chi connectivity index (χ1) is 4.74. The Morgan fingerprint density at radius 1 is 1.80 bits per heavy atom. The second-order valence-electron chi connectivity index (χ2n) is 1.63. The predicted molar refractivity (Wildman–Crippen MR) is 32.9 cm³/mol. The van der Waals surface area contributed by atoms with Crippen LogP contribution >= 0.6 is 0 Å². The number of carbonyl (C=O) groups excluding carboxylic acids is 1. The van der Waals surface area contributed by atoms with Crippen LogP contribution in [0.15, 0.2) is 17.1 Å². The quantitative estimate of drug-likeness (QED) is 0.545. The zero-order chi connectivity index (χ0) is 7.56. The zero-order valence-corrected chi connectivity index (χ0v) is 5.33. The van der Waals surface area contributed by atoms with Gasteiger partial charge in [0.05, 0.1) is 7.11 Å². The third kappa shape index (κ3) is 1.07. The molecule has 5 nitrogen and oxygen atoms in total. The molecule has 1 N–H and O–H groups in total. The molecule has 0 unspecified atom stereocenters. The zero-order valence-electron chi connectivity index (χ0n) is 5.33. The molecule has 0 saturated heterocycles. The molecule has 0 radical (unpaired) electrons. The van der Waals surface area contributed by atoms with Gasteiger partial charge in [0.2, 0.25) is 0 Å². The van der Waals surface area contributed by atoms with Crippen molar-refractivity contribution >= 4 is 6.09 Å². The first-order valence-electron chi connectivity index (χ1n) is 2.60. The molecule has 0 spiro atoms. The van der Waals surface area contributed by atoms with Crippen molar-refractivity contribution in [1.29, 1.82) is 0 Å². The summed E-state index contributed by atoms with van der Waals surface area (Å²) in [4.78, 5) is 21.0. The third-order valence-corrected chi connectivity index (χ3v) is 0.977. The van der Waals surface area contributed by atoms with E-state index in [1.807, 2.05) is 0 Å². The molecule has 0 bridgehead atoms. The Morgan fingerprint density at radius 3 is 2.90 bits per heavy atom. The molecular weight excluding hydrogens is 136 g/mol. The van der Waals surface area contributed by atoms with Crippen LogP contribution in [0.25, 0.3) is 0 Å². The van der Waals surface area contributed by atoms with E-state index in [9.17, 15) is 9.59 Å². The standard InChI is InChI=1S/C5H6N2O3/c1-10-5(9)7-3-2-4(8)6-7/h2-3H,1H3,(H,6,8). The van der Waals surface area contributed by atoms with Gasteiger partial charge >= 0.3 is 6.09 Å². The third-order valence-electron chi connectivity index (χ3n) is 0.977. The van der Waals surface area contributed by atoms with Crippen LogP contribution in [-0.4, -0.2) is 23.0 Å². The summed E-state index contributed by atoms with van der Waals surface area (Å²) in [7, 11) is 1.24. The number of aromatic nitrogens is 2. The highest BCUT2D eigenvalue weighted by Crippen LogP contribution is 1.80.